The molecule has 0 saturated carbocycles. The number of nitro groups is 1. The molecule has 0 spiro atoms. The van der Waals surface area contributed by atoms with Crippen molar-refractivity contribution in [3.8, 4) is 11.4 Å². The molecule has 0 aliphatic heterocycles. The summed E-state index contributed by atoms with van der Waals surface area (Å²) in [5, 5.41) is 18.7. The molecule has 0 aliphatic carbocycles. The molecule has 0 unspecified atom stereocenters. The average Bonchev–Trinajstić information content (AvgIpc) is 3.19. The van der Waals surface area contributed by atoms with Crippen molar-refractivity contribution in [2.75, 3.05) is 7.11 Å². The van der Waals surface area contributed by atoms with Gasteiger partial charge in [0.15, 0.2) is 0 Å². The number of rotatable bonds is 6. The minimum atomic E-state index is -0.480. The molecule has 1 N–H and O–H groups in total. The first kappa shape index (κ1) is 17.8. The molecule has 3 rings (SSSR count). The smallest absolute Gasteiger partial charge is 0.274 e. The Morgan fingerprint density at radius 1 is 1.22 bits per heavy atom. The maximum absolute atomic E-state index is 12.1. The van der Waals surface area contributed by atoms with Crippen LogP contribution in [-0.4, -0.2) is 33.9 Å². The van der Waals surface area contributed by atoms with Gasteiger partial charge >= 0.3 is 0 Å². The Kier molecular flexibility index (Phi) is 5.22. The van der Waals surface area contributed by atoms with E-state index in [4.69, 9.17) is 4.74 Å². The van der Waals surface area contributed by atoms with Gasteiger partial charge in [-0.05, 0) is 42.0 Å². The Morgan fingerprint density at radius 3 is 2.56 bits per heavy atom. The first-order valence-electron chi connectivity index (χ1n) is 7.84. The first-order chi connectivity index (χ1) is 13.1. The van der Waals surface area contributed by atoms with Crippen LogP contribution in [0.2, 0.25) is 0 Å². The van der Waals surface area contributed by atoms with Crippen molar-refractivity contribution < 1.29 is 14.5 Å². The zero-order chi connectivity index (χ0) is 19.2. The minimum absolute atomic E-state index is 0.0169. The standard InChI is InChI=1S/C18H15N5O4/c1-27-17-8-2-13(3-9-17)10-19-21-18(24)14-11-20-22(12-14)15-4-6-16(7-5-15)23(25)26/h2-12H,1H3,(H,21,24)/b19-10-. The molecule has 0 aliphatic rings. The molecule has 136 valence electrons. The number of ether oxygens (including phenoxy) is 1. The molecule has 0 bridgehead atoms. The second kappa shape index (κ2) is 7.91. The van der Waals surface area contributed by atoms with Gasteiger partial charge in [0.1, 0.15) is 5.75 Å². The number of carbonyl (C=O) groups excluding carboxylic acids is 1. The van der Waals surface area contributed by atoms with Crippen LogP contribution >= 0.6 is 0 Å². The van der Waals surface area contributed by atoms with E-state index in [1.165, 1.54) is 35.4 Å². The van der Waals surface area contributed by atoms with Crippen molar-refractivity contribution in [1.29, 1.82) is 0 Å². The maximum Gasteiger partial charge on any atom is 0.274 e. The summed E-state index contributed by atoms with van der Waals surface area (Å²) in [4.78, 5) is 22.3. The number of nitrogens with zero attached hydrogens (tertiary/aromatic N) is 4. The van der Waals surface area contributed by atoms with Crippen LogP contribution in [-0.2, 0) is 0 Å². The van der Waals surface area contributed by atoms with Crippen LogP contribution in [0.5, 0.6) is 5.75 Å². The van der Waals surface area contributed by atoms with Crippen molar-refractivity contribution in [2.45, 2.75) is 0 Å². The van der Waals surface area contributed by atoms with E-state index in [0.29, 0.717) is 11.3 Å². The summed E-state index contributed by atoms with van der Waals surface area (Å²) in [6.45, 7) is 0. The van der Waals surface area contributed by atoms with E-state index in [1.54, 1.807) is 43.5 Å². The third-order valence-electron chi connectivity index (χ3n) is 3.67. The zero-order valence-electron chi connectivity index (χ0n) is 14.3. The van der Waals surface area contributed by atoms with Gasteiger partial charge in [-0.1, -0.05) is 0 Å². The number of benzene rings is 2. The predicted molar refractivity (Wildman–Crippen MR) is 98.3 cm³/mol. The second-order valence-electron chi connectivity index (χ2n) is 5.42. The molecular weight excluding hydrogens is 350 g/mol. The summed E-state index contributed by atoms with van der Waals surface area (Å²) in [6, 6.07) is 13.0. The summed E-state index contributed by atoms with van der Waals surface area (Å²) in [5.41, 5.74) is 4.11. The number of nitrogens with one attached hydrogen (secondary N) is 1. The third kappa shape index (κ3) is 4.34. The predicted octanol–water partition coefficient (Wildman–Crippen LogP) is 2.55. The summed E-state index contributed by atoms with van der Waals surface area (Å²) in [5.74, 6) is 0.308. The van der Waals surface area contributed by atoms with E-state index in [9.17, 15) is 14.9 Å². The van der Waals surface area contributed by atoms with Gasteiger partial charge in [0.2, 0.25) is 0 Å². The van der Waals surface area contributed by atoms with Crippen LogP contribution in [0.15, 0.2) is 66.0 Å². The number of hydrogen-bond donors (Lipinski definition) is 1. The van der Waals surface area contributed by atoms with Gasteiger partial charge in [-0.15, -0.1) is 0 Å². The highest BCUT2D eigenvalue weighted by atomic mass is 16.6. The fraction of sp³-hybridized carbons (Fsp3) is 0.0556. The number of methoxy groups -OCH3 is 1. The van der Waals surface area contributed by atoms with Crippen LogP contribution < -0.4 is 10.2 Å². The summed E-state index contributed by atoms with van der Waals surface area (Å²) >= 11 is 0. The van der Waals surface area contributed by atoms with Crippen molar-refractivity contribution in [2.24, 2.45) is 5.10 Å². The van der Waals surface area contributed by atoms with Gasteiger partial charge in [0, 0.05) is 18.3 Å². The molecule has 1 heterocycles. The Hall–Kier alpha value is -4.01. The minimum Gasteiger partial charge on any atom is -0.497 e. The maximum atomic E-state index is 12.1. The van der Waals surface area contributed by atoms with Gasteiger partial charge in [-0.2, -0.15) is 10.2 Å². The number of hydrazone groups is 1. The second-order valence-corrected chi connectivity index (χ2v) is 5.42. The lowest BCUT2D eigenvalue weighted by Gasteiger charge is -2.00. The van der Waals surface area contributed by atoms with Crippen molar-refractivity contribution >= 4 is 17.8 Å². The fourth-order valence-corrected chi connectivity index (χ4v) is 2.23. The average molecular weight is 365 g/mol. The molecule has 27 heavy (non-hydrogen) atoms. The van der Waals surface area contributed by atoms with E-state index < -0.39 is 10.8 Å². The Labute approximate surface area is 154 Å². The Bertz CT molecular complexity index is 978. The van der Waals surface area contributed by atoms with Crippen molar-refractivity contribution in [3.05, 3.63) is 82.2 Å². The summed E-state index contributed by atoms with van der Waals surface area (Å²) in [7, 11) is 1.58. The molecule has 3 aromatic rings. The lowest BCUT2D eigenvalue weighted by molar-refractivity contribution is -0.384. The molecule has 9 heteroatoms. The Balaban J connectivity index is 1.63. The normalized spacial score (nSPS) is 10.7. The van der Waals surface area contributed by atoms with E-state index in [1.807, 2.05) is 0 Å². The van der Waals surface area contributed by atoms with Crippen LogP contribution in [0.4, 0.5) is 5.69 Å². The molecule has 0 radical (unpaired) electrons. The number of nitro benzene ring substituents is 1. The SMILES string of the molecule is COc1ccc(/C=N\NC(=O)c2cnn(-c3ccc([N+](=O)[O-])cc3)c2)cc1. The van der Waals surface area contributed by atoms with Gasteiger partial charge in [0.25, 0.3) is 11.6 Å². The lowest BCUT2D eigenvalue weighted by atomic mass is 10.2. The molecule has 0 fully saturated rings. The van der Waals surface area contributed by atoms with Crippen LogP contribution in [0, 0.1) is 10.1 Å². The van der Waals surface area contributed by atoms with Crippen LogP contribution in [0.3, 0.4) is 0 Å². The molecule has 0 saturated heterocycles. The largest absolute Gasteiger partial charge is 0.497 e. The lowest BCUT2D eigenvalue weighted by Crippen LogP contribution is -2.16. The van der Waals surface area contributed by atoms with Crippen LogP contribution in [0.25, 0.3) is 5.69 Å². The number of non-ortho nitro benzene ring substituents is 1. The number of hydrogen-bond acceptors (Lipinski definition) is 6. The van der Waals surface area contributed by atoms with E-state index in [2.05, 4.69) is 15.6 Å². The fourth-order valence-electron chi connectivity index (χ4n) is 2.23. The van der Waals surface area contributed by atoms with Gasteiger partial charge in [-0.3, -0.25) is 14.9 Å². The number of aromatic nitrogens is 2. The zero-order valence-corrected chi connectivity index (χ0v) is 14.3. The highest BCUT2D eigenvalue weighted by Crippen LogP contribution is 2.15. The molecule has 2 aromatic carbocycles. The van der Waals surface area contributed by atoms with Gasteiger partial charge in [-0.25, -0.2) is 10.1 Å². The highest BCUT2D eigenvalue weighted by molar-refractivity contribution is 5.94. The summed E-state index contributed by atoms with van der Waals surface area (Å²) < 4.78 is 6.52. The highest BCUT2D eigenvalue weighted by Gasteiger charge is 2.10. The summed E-state index contributed by atoms with van der Waals surface area (Å²) in [6.07, 6.45) is 4.41. The molecule has 1 aromatic heterocycles. The topological polar surface area (TPSA) is 112 Å². The van der Waals surface area contributed by atoms with Crippen LogP contribution in [0.1, 0.15) is 15.9 Å². The third-order valence-corrected chi connectivity index (χ3v) is 3.67. The van der Waals surface area contributed by atoms with Gasteiger partial charge < -0.3 is 4.74 Å². The van der Waals surface area contributed by atoms with Crippen molar-refractivity contribution in [3.63, 3.8) is 0 Å². The first-order valence-corrected chi connectivity index (χ1v) is 7.84. The molecule has 1 amide bonds. The molecular formula is C18H15N5O4. The monoisotopic (exact) mass is 365 g/mol. The van der Waals surface area contributed by atoms with E-state index in [-0.39, 0.29) is 5.69 Å². The van der Waals surface area contributed by atoms with E-state index in [0.717, 1.165) is 11.3 Å². The Morgan fingerprint density at radius 2 is 1.93 bits per heavy atom. The molecule has 9 nitrogen and oxygen atoms in total. The van der Waals surface area contributed by atoms with Crippen molar-refractivity contribution in [1.82, 2.24) is 15.2 Å². The molecule has 0 atom stereocenters. The number of carbonyl (C=O) groups is 1. The van der Waals surface area contributed by atoms with Gasteiger partial charge in [0.05, 0.1) is 35.7 Å². The number of amides is 1. The quantitative estimate of drug-likeness (QED) is 0.410. The van der Waals surface area contributed by atoms with E-state index >= 15 is 0 Å².